The third kappa shape index (κ3) is 5.44. The van der Waals surface area contributed by atoms with Crippen LogP contribution in [0.1, 0.15) is 35.1 Å². The molecule has 3 nitrogen and oxygen atoms in total. The molecule has 1 heterocycles. The monoisotopic (exact) mass is 477 g/mol. The summed E-state index contributed by atoms with van der Waals surface area (Å²) < 4.78 is 6.94. The number of likely N-dealkylation sites (tertiary alicyclic amines) is 1. The van der Waals surface area contributed by atoms with E-state index in [1.165, 1.54) is 5.56 Å². The lowest BCUT2D eigenvalue weighted by Gasteiger charge is -2.38. The molecule has 0 bridgehead atoms. The van der Waals surface area contributed by atoms with Crippen LogP contribution in [0.4, 0.5) is 0 Å². The first-order valence-corrected chi connectivity index (χ1v) is 13.0. The fraction of sp³-hybridized carbons (Fsp3) is 0.273. The number of piperidine rings is 1. The fourth-order valence-electron chi connectivity index (χ4n) is 5.50. The van der Waals surface area contributed by atoms with Crippen molar-refractivity contribution in [3.05, 3.63) is 144 Å². The Morgan fingerprint density at radius 2 is 1.17 bits per heavy atom. The second-order valence-corrected chi connectivity index (χ2v) is 9.75. The number of rotatable bonds is 9. The molecule has 1 N–H and O–H groups in total. The van der Waals surface area contributed by atoms with Gasteiger partial charge >= 0.3 is 0 Å². The molecule has 1 saturated heterocycles. The van der Waals surface area contributed by atoms with Crippen molar-refractivity contribution in [2.45, 2.75) is 31.1 Å². The molecular weight excluding hydrogens is 442 g/mol. The minimum absolute atomic E-state index is 0.233. The summed E-state index contributed by atoms with van der Waals surface area (Å²) in [5.74, 6) is 0.233. The Labute approximate surface area is 215 Å². The van der Waals surface area contributed by atoms with Gasteiger partial charge in [0.1, 0.15) is 5.60 Å². The molecule has 5 rings (SSSR count). The van der Waals surface area contributed by atoms with Crippen LogP contribution in [0, 0.1) is 5.92 Å². The van der Waals surface area contributed by atoms with Crippen LogP contribution in [-0.4, -0.2) is 35.8 Å². The highest BCUT2D eigenvalue weighted by molar-refractivity contribution is 5.47. The molecule has 0 aromatic heterocycles. The van der Waals surface area contributed by atoms with E-state index >= 15 is 0 Å². The molecule has 0 radical (unpaired) electrons. The molecule has 4 aromatic carbocycles. The molecule has 0 amide bonds. The Bertz CT molecular complexity index is 1080. The molecule has 1 aliphatic heterocycles. The van der Waals surface area contributed by atoms with E-state index in [2.05, 4.69) is 102 Å². The van der Waals surface area contributed by atoms with Crippen molar-refractivity contribution >= 4 is 0 Å². The normalized spacial score (nSPS) is 18.7. The molecule has 1 fully saturated rings. The Balaban J connectivity index is 1.33. The highest BCUT2D eigenvalue weighted by atomic mass is 16.5. The summed E-state index contributed by atoms with van der Waals surface area (Å²) in [5.41, 5.74) is 3.93. The van der Waals surface area contributed by atoms with Gasteiger partial charge in [0.05, 0.1) is 6.10 Å². The van der Waals surface area contributed by atoms with Crippen LogP contribution >= 0.6 is 0 Å². The van der Waals surface area contributed by atoms with Crippen molar-refractivity contribution in [2.24, 2.45) is 5.92 Å². The number of aliphatic hydroxyl groups excluding tert-OH is 1. The number of nitrogens with zero attached hydrogens (tertiary/aromatic N) is 1. The Hall–Kier alpha value is -3.24. The van der Waals surface area contributed by atoms with Gasteiger partial charge in [-0.05, 0) is 47.6 Å². The second kappa shape index (κ2) is 11.7. The average Bonchev–Trinajstić information content (AvgIpc) is 2.94. The number of aliphatic hydroxyl groups is 1. The SMILES string of the molecule is OC1CN(Cc2ccccc2)CCC1CCOC(c1ccccc1)(c1ccccc1)c1ccccc1. The van der Waals surface area contributed by atoms with Gasteiger partial charge in [-0.15, -0.1) is 0 Å². The number of ether oxygens (including phenoxy) is 1. The van der Waals surface area contributed by atoms with E-state index in [0.29, 0.717) is 13.2 Å². The van der Waals surface area contributed by atoms with Gasteiger partial charge in [0.2, 0.25) is 0 Å². The smallest absolute Gasteiger partial charge is 0.143 e. The first-order chi connectivity index (χ1) is 17.8. The highest BCUT2D eigenvalue weighted by Gasteiger charge is 2.38. The van der Waals surface area contributed by atoms with Crippen LogP contribution in [0.3, 0.4) is 0 Å². The first kappa shape index (κ1) is 24.5. The molecule has 3 heteroatoms. The summed E-state index contributed by atoms with van der Waals surface area (Å²) in [4.78, 5) is 2.36. The van der Waals surface area contributed by atoms with Gasteiger partial charge in [0.15, 0.2) is 0 Å². The molecule has 0 spiro atoms. The quantitative estimate of drug-likeness (QED) is 0.289. The Morgan fingerprint density at radius 1 is 0.694 bits per heavy atom. The van der Waals surface area contributed by atoms with Gasteiger partial charge in [-0.2, -0.15) is 0 Å². The third-order valence-corrected chi connectivity index (χ3v) is 7.40. The maximum absolute atomic E-state index is 11.0. The predicted octanol–water partition coefficient (Wildman–Crippen LogP) is 6.27. The van der Waals surface area contributed by atoms with Crippen molar-refractivity contribution < 1.29 is 9.84 Å². The van der Waals surface area contributed by atoms with Gasteiger partial charge in [-0.3, -0.25) is 4.90 Å². The van der Waals surface area contributed by atoms with Crippen LogP contribution in [0.15, 0.2) is 121 Å². The summed E-state index contributed by atoms with van der Waals surface area (Å²) in [6.45, 7) is 3.16. The molecule has 0 saturated carbocycles. The molecule has 0 aliphatic carbocycles. The predicted molar refractivity (Wildman–Crippen MR) is 146 cm³/mol. The van der Waals surface area contributed by atoms with Gasteiger partial charge in [-0.25, -0.2) is 0 Å². The number of hydrogen-bond donors (Lipinski definition) is 1. The molecule has 1 aliphatic rings. The molecule has 184 valence electrons. The minimum Gasteiger partial charge on any atom is -0.392 e. The largest absolute Gasteiger partial charge is 0.392 e. The molecule has 2 atom stereocenters. The molecular formula is C33H35NO2. The maximum Gasteiger partial charge on any atom is 0.143 e. The Morgan fingerprint density at radius 3 is 1.64 bits per heavy atom. The van der Waals surface area contributed by atoms with Crippen molar-refractivity contribution in [3.8, 4) is 0 Å². The zero-order chi connectivity index (χ0) is 24.6. The van der Waals surface area contributed by atoms with Crippen molar-refractivity contribution in [3.63, 3.8) is 0 Å². The lowest BCUT2D eigenvalue weighted by Crippen LogP contribution is -2.44. The zero-order valence-corrected chi connectivity index (χ0v) is 20.7. The van der Waals surface area contributed by atoms with E-state index in [1.807, 2.05) is 24.3 Å². The number of hydrogen-bond acceptors (Lipinski definition) is 3. The Kier molecular flexibility index (Phi) is 7.92. The lowest BCUT2D eigenvalue weighted by molar-refractivity contribution is -0.0271. The second-order valence-electron chi connectivity index (χ2n) is 9.75. The lowest BCUT2D eigenvalue weighted by atomic mass is 9.80. The standard InChI is InChI=1S/C33H35NO2/c35-32-26-34(25-27-13-5-1-6-14-27)23-21-28(32)22-24-36-33(29-15-7-2-8-16-29,30-17-9-3-10-18-30)31-19-11-4-12-20-31/h1-20,28,32,35H,21-26H2. The fourth-order valence-corrected chi connectivity index (χ4v) is 5.50. The minimum atomic E-state index is -0.706. The highest BCUT2D eigenvalue weighted by Crippen LogP contribution is 2.41. The average molecular weight is 478 g/mol. The van der Waals surface area contributed by atoms with Crippen LogP contribution in [0.5, 0.6) is 0 Å². The topological polar surface area (TPSA) is 32.7 Å². The third-order valence-electron chi connectivity index (χ3n) is 7.40. The van der Waals surface area contributed by atoms with E-state index in [1.54, 1.807) is 0 Å². The van der Waals surface area contributed by atoms with Crippen molar-refractivity contribution in [1.29, 1.82) is 0 Å². The van der Waals surface area contributed by atoms with Crippen LogP contribution in [-0.2, 0) is 16.9 Å². The van der Waals surface area contributed by atoms with Crippen LogP contribution in [0.25, 0.3) is 0 Å². The molecule has 36 heavy (non-hydrogen) atoms. The maximum atomic E-state index is 11.0. The van der Waals surface area contributed by atoms with E-state index in [0.717, 1.165) is 42.6 Å². The summed E-state index contributed by atoms with van der Waals surface area (Å²) in [7, 11) is 0. The number of benzene rings is 4. The summed E-state index contributed by atoms with van der Waals surface area (Å²) >= 11 is 0. The summed E-state index contributed by atoms with van der Waals surface area (Å²) in [5, 5.41) is 11.0. The number of β-amino-alcohol motifs (C(OH)–C–C–N with tert-alkyl or cyclic N) is 1. The summed E-state index contributed by atoms with van der Waals surface area (Å²) in [6, 6.07) is 42.0. The van der Waals surface area contributed by atoms with E-state index in [-0.39, 0.29) is 12.0 Å². The van der Waals surface area contributed by atoms with E-state index in [4.69, 9.17) is 4.74 Å². The van der Waals surface area contributed by atoms with Gasteiger partial charge in [0.25, 0.3) is 0 Å². The summed E-state index contributed by atoms with van der Waals surface area (Å²) in [6.07, 6.45) is 1.46. The molecule has 4 aromatic rings. The van der Waals surface area contributed by atoms with Gasteiger partial charge in [0, 0.05) is 19.7 Å². The van der Waals surface area contributed by atoms with E-state index < -0.39 is 5.60 Å². The van der Waals surface area contributed by atoms with Crippen LogP contribution in [0.2, 0.25) is 0 Å². The van der Waals surface area contributed by atoms with Crippen molar-refractivity contribution in [2.75, 3.05) is 19.7 Å². The molecule has 2 unspecified atom stereocenters. The zero-order valence-electron chi connectivity index (χ0n) is 20.7. The van der Waals surface area contributed by atoms with Gasteiger partial charge < -0.3 is 9.84 Å². The van der Waals surface area contributed by atoms with Gasteiger partial charge in [-0.1, -0.05) is 121 Å². The van der Waals surface area contributed by atoms with E-state index in [9.17, 15) is 5.11 Å². The van der Waals surface area contributed by atoms with Crippen LogP contribution < -0.4 is 0 Å². The first-order valence-electron chi connectivity index (χ1n) is 13.0. The van der Waals surface area contributed by atoms with Crippen molar-refractivity contribution in [1.82, 2.24) is 4.90 Å².